The average Bonchev–Trinajstić information content (AvgIpc) is 2.75. The zero-order valence-electron chi connectivity index (χ0n) is 10.2. The summed E-state index contributed by atoms with van der Waals surface area (Å²) in [5.74, 6) is 0.00236. The molecule has 104 valence electrons. The summed E-state index contributed by atoms with van der Waals surface area (Å²) in [6, 6.07) is 5.90. The molecule has 0 saturated carbocycles. The Kier molecular flexibility index (Phi) is 5.26. The minimum absolute atomic E-state index is 0. The Morgan fingerprint density at radius 3 is 2.53 bits per heavy atom. The first-order valence-corrected chi connectivity index (χ1v) is 5.85. The second-order valence-electron chi connectivity index (χ2n) is 4.47. The number of nitrogens with two attached hydrogens (primary N) is 1. The number of nitrogens with one attached hydrogen (secondary N) is 1. The molecule has 1 saturated heterocycles. The van der Waals surface area contributed by atoms with E-state index >= 15 is 0 Å². The van der Waals surface area contributed by atoms with Gasteiger partial charge in [0.1, 0.15) is 0 Å². The Balaban J connectivity index is 0.00000180. The lowest BCUT2D eigenvalue weighted by Gasteiger charge is -2.14. The minimum Gasteiger partial charge on any atom is -0.356 e. The van der Waals surface area contributed by atoms with E-state index in [0.717, 1.165) is 12.0 Å². The van der Waals surface area contributed by atoms with Crippen molar-refractivity contribution in [2.24, 2.45) is 11.7 Å². The van der Waals surface area contributed by atoms with Crippen LogP contribution in [0.5, 0.6) is 0 Å². The van der Waals surface area contributed by atoms with Crippen LogP contribution in [0.4, 0.5) is 5.69 Å². The Morgan fingerprint density at radius 1 is 1.42 bits per heavy atom. The standard InChI is InChI=1S/C12H15N3O3.ClH/c13-11(7-9-5-6-14-12(9)16)8-1-3-10(4-2-8)15(17)18;/h1-4,9,11H,5-7,13H2,(H,14,16);1H. The number of benzene rings is 1. The van der Waals surface area contributed by atoms with Crippen molar-refractivity contribution in [2.45, 2.75) is 18.9 Å². The molecule has 2 atom stereocenters. The minimum atomic E-state index is -0.445. The summed E-state index contributed by atoms with van der Waals surface area (Å²) in [5.41, 5.74) is 6.88. The molecule has 1 aromatic carbocycles. The summed E-state index contributed by atoms with van der Waals surface area (Å²) in [5, 5.41) is 13.3. The van der Waals surface area contributed by atoms with Gasteiger partial charge < -0.3 is 11.1 Å². The monoisotopic (exact) mass is 285 g/mol. The van der Waals surface area contributed by atoms with Gasteiger partial charge in [-0.15, -0.1) is 12.4 Å². The van der Waals surface area contributed by atoms with Gasteiger partial charge in [-0.3, -0.25) is 14.9 Å². The molecule has 1 amide bonds. The fourth-order valence-corrected chi connectivity index (χ4v) is 2.16. The van der Waals surface area contributed by atoms with Crippen LogP contribution in [-0.4, -0.2) is 17.4 Å². The number of nitro groups is 1. The van der Waals surface area contributed by atoms with Gasteiger partial charge >= 0.3 is 0 Å². The number of hydrogen-bond acceptors (Lipinski definition) is 4. The zero-order chi connectivity index (χ0) is 13.1. The topological polar surface area (TPSA) is 98.3 Å². The number of nitrogens with zero attached hydrogens (tertiary/aromatic N) is 1. The Hall–Kier alpha value is -1.66. The molecule has 1 heterocycles. The predicted octanol–water partition coefficient (Wildman–Crippen LogP) is 1.54. The maximum Gasteiger partial charge on any atom is 0.269 e. The van der Waals surface area contributed by atoms with Crippen LogP contribution in [-0.2, 0) is 4.79 Å². The average molecular weight is 286 g/mol. The van der Waals surface area contributed by atoms with E-state index in [1.807, 2.05) is 0 Å². The number of hydrogen-bond donors (Lipinski definition) is 2. The molecule has 1 aliphatic heterocycles. The van der Waals surface area contributed by atoms with Crippen LogP contribution in [0.1, 0.15) is 24.4 Å². The molecule has 0 spiro atoms. The molecule has 2 rings (SSSR count). The molecule has 0 radical (unpaired) electrons. The van der Waals surface area contributed by atoms with Crippen LogP contribution in [0.3, 0.4) is 0 Å². The SMILES string of the molecule is Cl.NC(CC1CCNC1=O)c1ccc([N+](=O)[O-])cc1. The van der Waals surface area contributed by atoms with E-state index < -0.39 is 4.92 Å². The molecule has 0 bridgehead atoms. The van der Waals surface area contributed by atoms with Crippen molar-refractivity contribution < 1.29 is 9.72 Å². The van der Waals surface area contributed by atoms with E-state index in [0.29, 0.717) is 13.0 Å². The number of carbonyl (C=O) groups excluding carboxylic acids is 1. The molecular formula is C12H16ClN3O3. The van der Waals surface area contributed by atoms with Crippen molar-refractivity contribution in [1.29, 1.82) is 0 Å². The first kappa shape index (κ1) is 15.4. The van der Waals surface area contributed by atoms with E-state index in [1.165, 1.54) is 12.1 Å². The summed E-state index contributed by atoms with van der Waals surface area (Å²) in [7, 11) is 0. The molecule has 1 aliphatic rings. The maximum atomic E-state index is 11.4. The molecule has 7 heteroatoms. The summed E-state index contributed by atoms with van der Waals surface area (Å²) in [4.78, 5) is 21.5. The highest BCUT2D eigenvalue weighted by molar-refractivity contribution is 5.85. The summed E-state index contributed by atoms with van der Waals surface area (Å²) in [6.07, 6.45) is 1.38. The summed E-state index contributed by atoms with van der Waals surface area (Å²) < 4.78 is 0. The Morgan fingerprint density at radius 2 is 2.05 bits per heavy atom. The fourth-order valence-electron chi connectivity index (χ4n) is 2.16. The van der Waals surface area contributed by atoms with Gasteiger partial charge in [0.05, 0.1) is 4.92 Å². The highest BCUT2D eigenvalue weighted by Gasteiger charge is 2.26. The van der Waals surface area contributed by atoms with Crippen LogP contribution in [0.15, 0.2) is 24.3 Å². The lowest BCUT2D eigenvalue weighted by atomic mass is 9.94. The van der Waals surface area contributed by atoms with Crippen LogP contribution < -0.4 is 11.1 Å². The van der Waals surface area contributed by atoms with Crippen molar-refractivity contribution in [1.82, 2.24) is 5.32 Å². The zero-order valence-corrected chi connectivity index (χ0v) is 11.1. The number of nitro benzene ring substituents is 1. The third-order valence-electron chi connectivity index (χ3n) is 3.23. The van der Waals surface area contributed by atoms with Gasteiger partial charge in [0, 0.05) is 30.6 Å². The van der Waals surface area contributed by atoms with Gasteiger partial charge in [0.15, 0.2) is 0 Å². The molecule has 6 nitrogen and oxygen atoms in total. The quantitative estimate of drug-likeness (QED) is 0.647. The van der Waals surface area contributed by atoms with Gasteiger partial charge in [0.2, 0.25) is 5.91 Å². The number of carbonyl (C=O) groups is 1. The largest absolute Gasteiger partial charge is 0.356 e. The van der Waals surface area contributed by atoms with Crippen LogP contribution in [0.25, 0.3) is 0 Å². The number of rotatable bonds is 4. The highest BCUT2D eigenvalue weighted by atomic mass is 35.5. The first-order chi connectivity index (χ1) is 8.58. The molecule has 0 aromatic heterocycles. The van der Waals surface area contributed by atoms with E-state index in [4.69, 9.17) is 5.73 Å². The smallest absolute Gasteiger partial charge is 0.269 e. The van der Waals surface area contributed by atoms with Gasteiger partial charge in [0.25, 0.3) is 5.69 Å². The van der Waals surface area contributed by atoms with Crippen molar-refractivity contribution in [2.75, 3.05) is 6.54 Å². The van der Waals surface area contributed by atoms with Crippen molar-refractivity contribution in [3.05, 3.63) is 39.9 Å². The van der Waals surface area contributed by atoms with Crippen LogP contribution >= 0.6 is 12.4 Å². The number of halogens is 1. The van der Waals surface area contributed by atoms with Crippen LogP contribution in [0, 0.1) is 16.0 Å². The van der Waals surface area contributed by atoms with E-state index in [1.54, 1.807) is 12.1 Å². The maximum absolute atomic E-state index is 11.4. The normalized spacial score (nSPS) is 19.4. The summed E-state index contributed by atoms with van der Waals surface area (Å²) >= 11 is 0. The van der Waals surface area contributed by atoms with E-state index in [-0.39, 0.29) is 36.0 Å². The van der Waals surface area contributed by atoms with Crippen LogP contribution in [0.2, 0.25) is 0 Å². The van der Waals surface area contributed by atoms with E-state index in [2.05, 4.69) is 5.32 Å². The van der Waals surface area contributed by atoms with Gasteiger partial charge in [-0.1, -0.05) is 12.1 Å². The van der Waals surface area contributed by atoms with Gasteiger partial charge in [-0.25, -0.2) is 0 Å². The van der Waals surface area contributed by atoms with E-state index in [9.17, 15) is 14.9 Å². The molecule has 3 N–H and O–H groups in total. The molecule has 19 heavy (non-hydrogen) atoms. The lowest BCUT2D eigenvalue weighted by Crippen LogP contribution is -2.23. The van der Waals surface area contributed by atoms with Crippen molar-refractivity contribution >= 4 is 24.0 Å². The number of amides is 1. The third kappa shape index (κ3) is 3.65. The molecule has 1 fully saturated rings. The predicted molar refractivity (Wildman–Crippen MR) is 73.0 cm³/mol. The highest BCUT2D eigenvalue weighted by Crippen LogP contribution is 2.24. The molecule has 1 aromatic rings. The van der Waals surface area contributed by atoms with Gasteiger partial charge in [-0.2, -0.15) is 0 Å². The van der Waals surface area contributed by atoms with Gasteiger partial charge in [-0.05, 0) is 18.4 Å². The second-order valence-corrected chi connectivity index (χ2v) is 4.47. The summed E-state index contributed by atoms with van der Waals surface area (Å²) in [6.45, 7) is 0.705. The van der Waals surface area contributed by atoms with Crippen molar-refractivity contribution in [3.63, 3.8) is 0 Å². The Labute approximate surface area is 116 Å². The molecule has 2 unspecified atom stereocenters. The first-order valence-electron chi connectivity index (χ1n) is 5.85. The van der Waals surface area contributed by atoms with Crippen molar-refractivity contribution in [3.8, 4) is 0 Å². The second kappa shape index (κ2) is 6.49. The molecular weight excluding hydrogens is 270 g/mol. The molecule has 0 aliphatic carbocycles. The lowest BCUT2D eigenvalue weighted by molar-refractivity contribution is -0.384. The Bertz CT molecular complexity index is 464. The third-order valence-corrected chi connectivity index (χ3v) is 3.23. The fraction of sp³-hybridized carbons (Fsp3) is 0.417. The number of non-ortho nitro benzene ring substituents is 1.